The van der Waals surface area contributed by atoms with E-state index in [1.807, 2.05) is 36.5 Å². The number of nitrogens with two attached hydrogens (primary N) is 1. The Morgan fingerprint density at radius 2 is 1.86 bits per heavy atom. The molecule has 21 heavy (non-hydrogen) atoms. The maximum atomic E-state index is 9.87. The van der Waals surface area contributed by atoms with E-state index in [-0.39, 0.29) is 6.61 Å². The molecule has 0 amide bonds. The summed E-state index contributed by atoms with van der Waals surface area (Å²) in [6.45, 7) is 4.27. The van der Waals surface area contributed by atoms with Gasteiger partial charge in [-0.2, -0.15) is 0 Å². The summed E-state index contributed by atoms with van der Waals surface area (Å²) in [4.78, 5) is 0. The fourth-order valence-corrected chi connectivity index (χ4v) is 2.63. The van der Waals surface area contributed by atoms with E-state index in [0.29, 0.717) is 19.1 Å². The van der Waals surface area contributed by atoms with Crippen molar-refractivity contribution in [2.75, 3.05) is 26.3 Å². The minimum atomic E-state index is -0.541. The number of aliphatic hydroxyl groups excluding tert-OH is 1. The number of rotatable bonds is 9. The van der Waals surface area contributed by atoms with Crippen LogP contribution in [0.5, 0.6) is 11.5 Å². The number of halogens is 2. The first-order chi connectivity index (χ1) is 10.0. The Bertz CT molecular complexity index is 439. The van der Waals surface area contributed by atoms with Crippen molar-refractivity contribution in [3.8, 4) is 11.5 Å². The molecule has 0 spiro atoms. The fraction of sp³-hybridized carbons (Fsp3) is 0.600. The van der Waals surface area contributed by atoms with Crippen molar-refractivity contribution in [1.82, 2.24) is 0 Å². The highest BCUT2D eigenvalue weighted by Gasteiger charge is 2.52. The van der Waals surface area contributed by atoms with Crippen LogP contribution in [0, 0.1) is 5.92 Å². The van der Waals surface area contributed by atoms with Crippen LogP contribution >= 0.6 is 23.2 Å². The van der Waals surface area contributed by atoms with Crippen molar-refractivity contribution in [3.05, 3.63) is 24.3 Å². The highest BCUT2D eigenvalue weighted by atomic mass is 35.5. The Balaban J connectivity index is 1.60. The fourth-order valence-electron chi connectivity index (χ4n) is 2.07. The van der Waals surface area contributed by atoms with Crippen molar-refractivity contribution in [1.29, 1.82) is 0 Å². The van der Waals surface area contributed by atoms with Crippen LogP contribution < -0.4 is 14.8 Å². The molecule has 2 rings (SSSR count). The summed E-state index contributed by atoms with van der Waals surface area (Å²) in [5.41, 5.74) is 0. The first-order valence-electron chi connectivity index (χ1n) is 7.24. The molecule has 1 aromatic carbocycles. The number of hydrogen-bond donors (Lipinski definition) is 2. The molecule has 1 aromatic rings. The Labute approximate surface area is 135 Å². The average Bonchev–Trinajstić information content (AvgIpc) is 3.06. The molecule has 1 fully saturated rings. The summed E-state index contributed by atoms with van der Waals surface area (Å²) in [6.07, 6.45) is 0.321. The molecular formula is C15H22Cl2NO3+. The van der Waals surface area contributed by atoms with Crippen molar-refractivity contribution >= 4 is 23.2 Å². The predicted molar refractivity (Wildman–Crippen MR) is 83.3 cm³/mol. The van der Waals surface area contributed by atoms with E-state index in [1.54, 1.807) is 0 Å². The third kappa shape index (κ3) is 5.55. The molecule has 3 N–H and O–H groups in total. The van der Waals surface area contributed by atoms with Gasteiger partial charge >= 0.3 is 0 Å². The van der Waals surface area contributed by atoms with Gasteiger partial charge in [-0.15, -0.1) is 23.2 Å². The Morgan fingerprint density at radius 1 is 1.29 bits per heavy atom. The van der Waals surface area contributed by atoms with Gasteiger partial charge in [-0.25, -0.2) is 0 Å². The quantitative estimate of drug-likeness (QED) is 0.674. The summed E-state index contributed by atoms with van der Waals surface area (Å²) < 4.78 is 10.3. The molecule has 1 saturated carbocycles. The molecule has 1 aliphatic carbocycles. The predicted octanol–water partition coefficient (Wildman–Crippen LogP) is 1.58. The van der Waals surface area contributed by atoms with Gasteiger partial charge in [0.1, 0.15) is 35.1 Å². The first kappa shape index (κ1) is 16.7. The highest BCUT2D eigenvalue weighted by Crippen LogP contribution is 2.52. The second kappa shape index (κ2) is 7.54. The normalized spacial score (nSPS) is 20.9. The van der Waals surface area contributed by atoms with E-state index in [0.717, 1.165) is 24.5 Å². The van der Waals surface area contributed by atoms with Gasteiger partial charge in [-0.1, -0.05) is 0 Å². The third-order valence-electron chi connectivity index (χ3n) is 3.42. The number of hydrogen-bond acceptors (Lipinski definition) is 3. The zero-order chi connectivity index (χ0) is 15.3. The molecule has 0 radical (unpaired) electrons. The number of benzene rings is 1. The van der Waals surface area contributed by atoms with E-state index in [9.17, 15) is 5.11 Å². The van der Waals surface area contributed by atoms with E-state index in [2.05, 4.69) is 0 Å². The van der Waals surface area contributed by atoms with Gasteiger partial charge < -0.3 is 19.9 Å². The van der Waals surface area contributed by atoms with Gasteiger partial charge in [0.05, 0.1) is 13.2 Å². The molecule has 0 saturated heterocycles. The van der Waals surface area contributed by atoms with Crippen molar-refractivity contribution in [2.24, 2.45) is 5.92 Å². The minimum Gasteiger partial charge on any atom is -0.494 e. The number of ether oxygens (including phenoxy) is 2. The number of aliphatic hydroxyl groups is 1. The maximum Gasteiger partial charge on any atom is 0.137 e. The lowest BCUT2D eigenvalue weighted by atomic mass is 10.3. The Morgan fingerprint density at radius 3 is 2.38 bits per heavy atom. The van der Waals surface area contributed by atoms with Crippen LogP contribution in [-0.2, 0) is 0 Å². The van der Waals surface area contributed by atoms with Gasteiger partial charge in [0.15, 0.2) is 0 Å². The van der Waals surface area contributed by atoms with Gasteiger partial charge in [-0.3, -0.25) is 0 Å². The van der Waals surface area contributed by atoms with Crippen LogP contribution in [0.2, 0.25) is 0 Å². The lowest BCUT2D eigenvalue weighted by Gasteiger charge is -2.12. The van der Waals surface area contributed by atoms with Crippen LogP contribution in [-0.4, -0.2) is 41.8 Å². The van der Waals surface area contributed by atoms with Crippen LogP contribution in [0.3, 0.4) is 0 Å². The van der Waals surface area contributed by atoms with Crippen molar-refractivity contribution in [3.63, 3.8) is 0 Å². The molecule has 6 heteroatoms. The molecule has 0 bridgehead atoms. The lowest BCUT2D eigenvalue weighted by molar-refractivity contribution is -0.663. The summed E-state index contributed by atoms with van der Waals surface area (Å²) in [5.74, 6) is 1.87. The van der Waals surface area contributed by atoms with Gasteiger partial charge in [0.2, 0.25) is 0 Å². The van der Waals surface area contributed by atoms with Crippen LogP contribution in [0.25, 0.3) is 0 Å². The number of alkyl halides is 2. The standard InChI is InChI=1S/C15H21Cl2NO3/c1-2-20-13-3-5-14(6-4-13)21-10-12(19)9-18-8-11-7-15(11,16)17/h3-6,11-12,18-19H,2,7-10H2,1H3/p+1/t11-,12+/m0/s1. The highest BCUT2D eigenvalue weighted by molar-refractivity contribution is 6.50. The van der Waals surface area contributed by atoms with E-state index < -0.39 is 10.4 Å². The van der Waals surface area contributed by atoms with Crippen LogP contribution in [0.15, 0.2) is 24.3 Å². The Kier molecular flexibility index (Phi) is 5.99. The average molecular weight is 335 g/mol. The molecule has 4 nitrogen and oxygen atoms in total. The van der Waals surface area contributed by atoms with Gasteiger partial charge in [-0.05, 0) is 37.6 Å². The monoisotopic (exact) mass is 334 g/mol. The second-order valence-electron chi connectivity index (χ2n) is 5.29. The summed E-state index contributed by atoms with van der Waals surface area (Å²) in [5, 5.41) is 11.9. The molecule has 0 heterocycles. The second-order valence-corrected chi connectivity index (χ2v) is 6.83. The third-order valence-corrected chi connectivity index (χ3v) is 4.35. The SMILES string of the molecule is CCOc1ccc(OC[C@H](O)C[NH2+]C[C@@H]2CC2(Cl)Cl)cc1. The summed E-state index contributed by atoms with van der Waals surface area (Å²) in [7, 11) is 0. The molecule has 0 unspecified atom stereocenters. The zero-order valence-corrected chi connectivity index (χ0v) is 13.6. The van der Waals surface area contributed by atoms with Crippen molar-refractivity contribution < 1.29 is 19.9 Å². The maximum absolute atomic E-state index is 9.87. The molecule has 118 valence electrons. The molecule has 1 aliphatic rings. The summed E-state index contributed by atoms with van der Waals surface area (Å²) >= 11 is 11.9. The van der Waals surface area contributed by atoms with Gasteiger partial charge in [0, 0.05) is 5.92 Å². The molecule has 0 aliphatic heterocycles. The Hall–Kier alpha value is -0.680. The van der Waals surface area contributed by atoms with Crippen LogP contribution in [0.1, 0.15) is 13.3 Å². The van der Waals surface area contributed by atoms with Crippen LogP contribution in [0.4, 0.5) is 0 Å². The zero-order valence-electron chi connectivity index (χ0n) is 12.1. The van der Waals surface area contributed by atoms with E-state index in [4.69, 9.17) is 32.7 Å². The number of quaternary nitrogens is 1. The summed E-state index contributed by atoms with van der Waals surface area (Å²) in [6, 6.07) is 7.37. The first-order valence-corrected chi connectivity index (χ1v) is 8.00. The minimum absolute atomic E-state index is 0.266. The smallest absolute Gasteiger partial charge is 0.137 e. The van der Waals surface area contributed by atoms with Gasteiger partial charge in [0.25, 0.3) is 0 Å². The molecule has 0 aromatic heterocycles. The molecule has 2 atom stereocenters. The van der Waals surface area contributed by atoms with E-state index >= 15 is 0 Å². The molecular weight excluding hydrogens is 313 g/mol. The van der Waals surface area contributed by atoms with Crippen molar-refractivity contribution in [2.45, 2.75) is 23.8 Å². The topological polar surface area (TPSA) is 55.3 Å². The van der Waals surface area contributed by atoms with E-state index in [1.165, 1.54) is 0 Å². The lowest BCUT2D eigenvalue weighted by Crippen LogP contribution is -2.87. The largest absolute Gasteiger partial charge is 0.494 e.